The summed E-state index contributed by atoms with van der Waals surface area (Å²) in [5, 5.41) is 7.59. The van der Waals surface area contributed by atoms with E-state index in [2.05, 4.69) is 20.4 Å². The molecule has 3 heterocycles. The van der Waals surface area contributed by atoms with Gasteiger partial charge >= 0.3 is 0 Å². The van der Waals surface area contributed by atoms with Crippen LogP contribution in [0.4, 0.5) is 5.69 Å². The molecule has 4 rings (SSSR count). The summed E-state index contributed by atoms with van der Waals surface area (Å²) in [6.45, 7) is 1.47. The highest BCUT2D eigenvalue weighted by Crippen LogP contribution is 2.29. The van der Waals surface area contributed by atoms with E-state index in [0.717, 1.165) is 21.9 Å². The molecule has 0 atom stereocenters. The lowest BCUT2D eigenvalue weighted by atomic mass is 10.2. The average molecular weight is 351 g/mol. The molecule has 1 amide bonds. The first-order chi connectivity index (χ1) is 12.2. The molecule has 0 aliphatic rings. The Labute approximate surface area is 146 Å². The minimum Gasteiger partial charge on any atom is -0.430 e. The molecule has 1 aromatic carbocycles. The number of carbonyl (C=O) groups is 1. The first kappa shape index (κ1) is 15.3. The van der Waals surface area contributed by atoms with Gasteiger partial charge in [-0.15, -0.1) is 5.10 Å². The van der Waals surface area contributed by atoms with Crippen molar-refractivity contribution in [2.75, 3.05) is 5.32 Å². The molecule has 0 saturated carbocycles. The van der Waals surface area contributed by atoms with Crippen molar-refractivity contribution in [2.24, 2.45) is 0 Å². The van der Waals surface area contributed by atoms with E-state index in [4.69, 9.17) is 4.74 Å². The van der Waals surface area contributed by atoms with E-state index in [1.807, 2.05) is 18.3 Å². The largest absolute Gasteiger partial charge is 0.430 e. The van der Waals surface area contributed by atoms with Crippen molar-refractivity contribution in [2.45, 2.75) is 6.92 Å². The van der Waals surface area contributed by atoms with Gasteiger partial charge in [0.25, 0.3) is 5.19 Å². The van der Waals surface area contributed by atoms with Crippen molar-refractivity contribution < 1.29 is 9.53 Å². The van der Waals surface area contributed by atoms with Gasteiger partial charge in [-0.25, -0.2) is 9.50 Å². The second-order valence-corrected chi connectivity index (χ2v) is 6.19. The molecule has 124 valence electrons. The number of hydrogen-bond donors (Lipinski definition) is 1. The lowest BCUT2D eigenvalue weighted by Gasteiger charge is -2.04. The standard InChI is InChI=1S/C17H13N5O2S/c1-11(23)19-13-4-6-14(7-5-13)24-17-21-22-10-15(20-16(22)25-17)12-3-2-8-18-9-12/h2-10H,1H3,(H,19,23). The van der Waals surface area contributed by atoms with Crippen LogP contribution in [0.3, 0.4) is 0 Å². The molecular weight excluding hydrogens is 338 g/mol. The molecule has 8 heteroatoms. The monoisotopic (exact) mass is 351 g/mol. The van der Waals surface area contributed by atoms with E-state index >= 15 is 0 Å². The zero-order chi connectivity index (χ0) is 17.2. The predicted molar refractivity (Wildman–Crippen MR) is 94.9 cm³/mol. The molecule has 4 aromatic rings. The molecule has 3 aromatic heterocycles. The van der Waals surface area contributed by atoms with Crippen LogP contribution in [0.15, 0.2) is 55.0 Å². The SMILES string of the molecule is CC(=O)Nc1ccc(Oc2nn3cc(-c4cccnc4)nc3s2)cc1. The number of benzene rings is 1. The van der Waals surface area contributed by atoms with E-state index in [1.54, 1.807) is 41.2 Å². The Morgan fingerprint density at radius 1 is 1.24 bits per heavy atom. The highest BCUT2D eigenvalue weighted by molar-refractivity contribution is 7.18. The molecule has 0 spiro atoms. The van der Waals surface area contributed by atoms with Crippen LogP contribution in [0.2, 0.25) is 0 Å². The normalized spacial score (nSPS) is 10.8. The van der Waals surface area contributed by atoms with Crippen LogP contribution in [-0.4, -0.2) is 25.5 Å². The zero-order valence-corrected chi connectivity index (χ0v) is 14.0. The smallest absolute Gasteiger partial charge is 0.299 e. The molecule has 7 nitrogen and oxygen atoms in total. The number of imidazole rings is 1. The Morgan fingerprint density at radius 3 is 2.76 bits per heavy atom. The minimum atomic E-state index is -0.112. The van der Waals surface area contributed by atoms with Crippen LogP contribution < -0.4 is 10.1 Å². The molecule has 0 bridgehead atoms. The summed E-state index contributed by atoms with van der Waals surface area (Å²) in [5.41, 5.74) is 2.48. The van der Waals surface area contributed by atoms with Crippen molar-refractivity contribution in [1.82, 2.24) is 19.6 Å². The number of ether oxygens (including phenoxy) is 1. The van der Waals surface area contributed by atoms with E-state index in [9.17, 15) is 4.79 Å². The van der Waals surface area contributed by atoms with Crippen molar-refractivity contribution in [3.8, 4) is 22.2 Å². The molecular formula is C17H13N5O2S. The van der Waals surface area contributed by atoms with E-state index in [0.29, 0.717) is 10.9 Å². The first-order valence-electron chi connectivity index (χ1n) is 7.49. The van der Waals surface area contributed by atoms with Crippen molar-refractivity contribution in [3.05, 3.63) is 55.0 Å². The predicted octanol–water partition coefficient (Wildman–Crippen LogP) is 3.60. The van der Waals surface area contributed by atoms with Crippen LogP contribution >= 0.6 is 11.3 Å². The summed E-state index contributed by atoms with van der Waals surface area (Å²) in [7, 11) is 0. The van der Waals surface area contributed by atoms with Gasteiger partial charge in [0.05, 0.1) is 11.9 Å². The highest BCUT2D eigenvalue weighted by Gasteiger charge is 2.11. The van der Waals surface area contributed by atoms with E-state index in [-0.39, 0.29) is 5.91 Å². The van der Waals surface area contributed by atoms with Gasteiger partial charge in [0.15, 0.2) is 0 Å². The summed E-state index contributed by atoms with van der Waals surface area (Å²) in [6.07, 6.45) is 5.33. The maximum atomic E-state index is 11.0. The van der Waals surface area contributed by atoms with Gasteiger partial charge in [-0.2, -0.15) is 0 Å². The number of hydrogen-bond acceptors (Lipinski definition) is 6. The Kier molecular flexibility index (Phi) is 3.87. The number of amides is 1. The summed E-state index contributed by atoms with van der Waals surface area (Å²) in [6, 6.07) is 10.9. The van der Waals surface area contributed by atoms with Crippen molar-refractivity contribution >= 4 is 27.9 Å². The molecule has 0 radical (unpaired) electrons. The Morgan fingerprint density at radius 2 is 2.08 bits per heavy atom. The lowest BCUT2D eigenvalue weighted by Crippen LogP contribution is -2.05. The van der Waals surface area contributed by atoms with Crippen LogP contribution in [0, 0.1) is 0 Å². The quantitative estimate of drug-likeness (QED) is 0.607. The summed E-state index contributed by atoms with van der Waals surface area (Å²) in [4.78, 5) is 20.4. The van der Waals surface area contributed by atoms with Crippen LogP contribution in [0.1, 0.15) is 6.92 Å². The summed E-state index contributed by atoms with van der Waals surface area (Å²) in [5.74, 6) is 0.526. The number of pyridine rings is 1. The number of rotatable bonds is 4. The Balaban J connectivity index is 1.52. The highest BCUT2D eigenvalue weighted by atomic mass is 32.1. The number of carbonyl (C=O) groups excluding carboxylic acids is 1. The van der Waals surface area contributed by atoms with Crippen LogP contribution in [0.25, 0.3) is 16.2 Å². The number of aromatic nitrogens is 4. The average Bonchev–Trinajstić information content (AvgIpc) is 3.15. The summed E-state index contributed by atoms with van der Waals surface area (Å²) < 4.78 is 7.44. The first-order valence-corrected chi connectivity index (χ1v) is 8.31. The van der Waals surface area contributed by atoms with Gasteiger partial charge < -0.3 is 10.1 Å². The van der Waals surface area contributed by atoms with Crippen molar-refractivity contribution in [3.63, 3.8) is 0 Å². The van der Waals surface area contributed by atoms with Gasteiger partial charge in [-0.1, -0.05) is 0 Å². The van der Waals surface area contributed by atoms with Crippen LogP contribution in [0.5, 0.6) is 10.9 Å². The molecule has 0 aliphatic carbocycles. The molecule has 0 saturated heterocycles. The summed E-state index contributed by atoms with van der Waals surface area (Å²) >= 11 is 1.35. The van der Waals surface area contributed by atoms with Crippen LogP contribution in [-0.2, 0) is 4.79 Å². The fraction of sp³-hybridized carbons (Fsp3) is 0.0588. The van der Waals surface area contributed by atoms with Gasteiger partial charge in [-0.05, 0) is 47.7 Å². The van der Waals surface area contributed by atoms with E-state index < -0.39 is 0 Å². The maximum absolute atomic E-state index is 11.0. The van der Waals surface area contributed by atoms with Gasteiger partial charge in [0.1, 0.15) is 5.75 Å². The maximum Gasteiger partial charge on any atom is 0.299 e. The number of anilines is 1. The molecule has 1 N–H and O–H groups in total. The fourth-order valence-corrected chi connectivity index (χ4v) is 3.04. The molecule has 0 unspecified atom stereocenters. The lowest BCUT2D eigenvalue weighted by molar-refractivity contribution is -0.114. The topological polar surface area (TPSA) is 81.4 Å². The van der Waals surface area contributed by atoms with Gasteiger partial charge in [-0.3, -0.25) is 9.78 Å². The second-order valence-electron chi connectivity index (χ2n) is 5.27. The number of fused-ring (bicyclic) bond motifs is 1. The molecule has 0 fully saturated rings. The fourth-order valence-electron chi connectivity index (χ4n) is 2.29. The number of nitrogens with zero attached hydrogens (tertiary/aromatic N) is 4. The minimum absolute atomic E-state index is 0.112. The van der Waals surface area contributed by atoms with Gasteiger partial charge in [0, 0.05) is 30.6 Å². The Bertz CT molecular complexity index is 993. The second kappa shape index (κ2) is 6.33. The molecule has 0 aliphatic heterocycles. The van der Waals surface area contributed by atoms with Crippen molar-refractivity contribution in [1.29, 1.82) is 0 Å². The third-order valence-corrected chi connectivity index (χ3v) is 4.16. The zero-order valence-electron chi connectivity index (χ0n) is 13.2. The third kappa shape index (κ3) is 3.33. The third-order valence-electron chi connectivity index (χ3n) is 3.36. The van der Waals surface area contributed by atoms with E-state index in [1.165, 1.54) is 18.3 Å². The number of nitrogens with one attached hydrogen (secondary N) is 1. The van der Waals surface area contributed by atoms with Gasteiger partial charge in [0.2, 0.25) is 10.9 Å². The molecule has 25 heavy (non-hydrogen) atoms. The Hall–Kier alpha value is -3.26.